The Labute approximate surface area is 96.6 Å². The molecule has 1 aliphatic rings. The maximum absolute atomic E-state index is 11.9. The number of sulfone groups is 1. The summed E-state index contributed by atoms with van der Waals surface area (Å²) in [7, 11) is -3.33. The van der Waals surface area contributed by atoms with Crippen molar-refractivity contribution in [2.45, 2.75) is 45.0 Å². The Morgan fingerprint density at radius 1 is 1.31 bits per heavy atom. The summed E-state index contributed by atoms with van der Waals surface area (Å²) in [5, 5.41) is 0. The van der Waals surface area contributed by atoms with Gasteiger partial charge in [0.15, 0.2) is 15.4 Å². The minimum absolute atomic E-state index is 0.236. The molecule has 0 aromatic heterocycles. The molecule has 0 saturated heterocycles. The molecule has 5 heteroatoms. The summed E-state index contributed by atoms with van der Waals surface area (Å²) in [6.45, 7) is 8.11. The monoisotopic (exact) mass is 246 g/mol. The Morgan fingerprint density at radius 2 is 1.81 bits per heavy atom. The summed E-state index contributed by atoms with van der Waals surface area (Å²) >= 11 is 0. The normalized spacial score (nSPS) is 20.6. The second kappa shape index (κ2) is 3.58. The highest BCUT2D eigenvalue weighted by atomic mass is 32.2. The highest BCUT2D eigenvalue weighted by Crippen LogP contribution is 2.27. The van der Waals surface area contributed by atoms with Crippen molar-refractivity contribution in [2.75, 3.05) is 5.75 Å². The first kappa shape index (κ1) is 13.2. The fourth-order valence-electron chi connectivity index (χ4n) is 1.23. The van der Waals surface area contributed by atoms with Crippen LogP contribution < -0.4 is 0 Å². The van der Waals surface area contributed by atoms with Crippen molar-refractivity contribution in [1.29, 1.82) is 0 Å². The topological polar surface area (TPSA) is 60.4 Å². The number of rotatable bonds is 2. The average molecular weight is 246 g/mol. The number of hydrogen-bond donors (Lipinski definition) is 0. The van der Waals surface area contributed by atoms with Crippen LogP contribution >= 0.6 is 0 Å². The minimum Gasteiger partial charge on any atom is -0.487 e. The molecule has 0 spiro atoms. The van der Waals surface area contributed by atoms with Gasteiger partial charge in [-0.05, 0) is 34.6 Å². The number of hydrogen-bond acceptors (Lipinski definition) is 4. The van der Waals surface area contributed by atoms with Gasteiger partial charge in [0.2, 0.25) is 5.78 Å². The zero-order valence-electron chi connectivity index (χ0n) is 10.3. The molecular weight excluding hydrogens is 228 g/mol. The van der Waals surface area contributed by atoms with Crippen LogP contribution in [-0.4, -0.2) is 30.3 Å². The van der Waals surface area contributed by atoms with Gasteiger partial charge in [-0.1, -0.05) is 0 Å². The number of carbonyl (C=O) groups is 1. The minimum atomic E-state index is -3.33. The van der Waals surface area contributed by atoms with E-state index in [0.717, 1.165) is 0 Å². The first-order chi connectivity index (χ1) is 6.97. The molecule has 0 atom stereocenters. The predicted molar refractivity (Wildman–Crippen MR) is 61.8 cm³/mol. The molecule has 0 saturated carbocycles. The molecule has 0 N–H and O–H groups in total. The first-order valence-corrected chi connectivity index (χ1v) is 6.76. The van der Waals surface area contributed by atoms with Gasteiger partial charge in [0.05, 0.1) is 16.8 Å². The molecule has 1 rings (SSSR count). The van der Waals surface area contributed by atoms with Crippen molar-refractivity contribution < 1.29 is 17.9 Å². The van der Waals surface area contributed by atoms with E-state index in [0.29, 0.717) is 0 Å². The molecule has 0 aromatic rings. The van der Waals surface area contributed by atoms with Crippen molar-refractivity contribution in [3.8, 4) is 0 Å². The lowest BCUT2D eigenvalue weighted by atomic mass is 10.0. The molecule has 0 amide bonds. The lowest BCUT2D eigenvalue weighted by Gasteiger charge is -2.19. The molecule has 0 fully saturated rings. The van der Waals surface area contributed by atoms with E-state index in [4.69, 9.17) is 4.74 Å². The van der Waals surface area contributed by atoms with E-state index in [1.54, 1.807) is 34.6 Å². The van der Waals surface area contributed by atoms with E-state index in [1.165, 1.54) is 6.26 Å². The summed E-state index contributed by atoms with van der Waals surface area (Å²) in [6, 6.07) is 0. The molecular formula is C11H18O4S. The van der Waals surface area contributed by atoms with Crippen molar-refractivity contribution in [1.82, 2.24) is 0 Å². The van der Waals surface area contributed by atoms with Gasteiger partial charge in [0, 0.05) is 5.57 Å². The van der Waals surface area contributed by atoms with E-state index in [2.05, 4.69) is 0 Å². The standard InChI is InChI=1S/C11H18O4S/c1-10(2,3)16(13,14)7-8-6-15-11(4,5)9(8)12/h6H,7H2,1-5H3. The summed E-state index contributed by atoms with van der Waals surface area (Å²) in [4.78, 5) is 11.8. The maximum atomic E-state index is 11.9. The van der Waals surface area contributed by atoms with Gasteiger partial charge in [-0.2, -0.15) is 0 Å². The fraction of sp³-hybridized carbons (Fsp3) is 0.727. The van der Waals surface area contributed by atoms with E-state index in [-0.39, 0.29) is 17.1 Å². The second-order valence-corrected chi connectivity index (χ2v) is 8.21. The molecule has 92 valence electrons. The lowest BCUT2D eigenvalue weighted by Crippen LogP contribution is -2.35. The molecule has 4 nitrogen and oxygen atoms in total. The van der Waals surface area contributed by atoms with Crippen molar-refractivity contribution in [3.63, 3.8) is 0 Å². The van der Waals surface area contributed by atoms with Gasteiger partial charge in [0.25, 0.3) is 0 Å². The highest BCUT2D eigenvalue weighted by Gasteiger charge is 2.40. The third kappa shape index (κ3) is 2.29. The third-order valence-corrected chi connectivity index (χ3v) is 5.17. The molecule has 1 aliphatic heterocycles. The van der Waals surface area contributed by atoms with Gasteiger partial charge in [-0.25, -0.2) is 8.42 Å². The van der Waals surface area contributed by atoms with Crippen LogP contribution in [0.3, 0.4) is 0 Å². The lowest BCUT2D eigenvalue weighted by molar-refractivity contribution is -0.126. The van der Waals surface area contributed by atoms with Crippen LogP contribution in [0.1, 0.15) is 34.6 Å². The van der Waals surface area contributed by atoms with Crippen LogP contribution in [0.4, 0.5) is 0 Å². The van der Waals surface area contributed by atoms with E-state index >= 15 is 0 Å². The van der Waals surface area contributed by atoms with Gasteiger partial charge in [0.1, 0.15) is 0 Å². The predicted octanol–water partition coefficient (Wildman–Crippen LogP) is 1.46. The van der Waals surface area contributed by atoms with Crippen molar-refractivity contribution in [3.05, 3.63) is 11.8 Å². The zero-order chi connectivity index (χ0) is 12.8. The molecule has 0 radical (unpaired) electrons. The Hall–Kier alpha value is -0.840. The number of ether oxygens (including phenoxy) is 1. The Bertz CT molecular complexity index is 435. The first-order valence-electron chi connectivity index (χ1n) is 5.11. The Morgan fingerprint density at radius 3 is 2.12 bits per heavy atom. The zero-order valence-corrected chi connectivity index (χ0v) is 11.1. The van der Waals surface area contributed by atoms with Gasteiger partial charge in [-0.15, -0.1) is 0 Å². The molecule has 1 heterocycles. The van der Waals surface area contributed by atoms with Gasteiger partial charge in [-0.3, -0.25) is 4.79 Å². The third-order valence-electron chi connectivity index (χ3n) is 2.61. The van der Waals surface area contributed by atoms with Crippen LogP contribution in [0.25, 0.3) is 0 Å². The molecule has 0 aliphatic carbocycles. The van der Waals surface area contributed by atoms with Crippen LogP contribution in [-0.2, 0) is 19.4 Å². The molecule has 0 unspecified atom stereocenters. The Balaban J connectivity index is 2.92. The smallest absolute Gasteiger partial charge is 0.205 e. The number of carbonyl (C=O) groups excluding carboxylic acids is 1. The quantitative estimate of drug-likeness (QED) is 0.740. The van der Waals surface area contributed by atoms with Crippen molar-refractivity contribution in [2.24, 2.45) is 0 Å². The van der Waals surface area contributed by atoms with E-state index in [1.807, 2.05) is 0 Å². The van der Waals surface area contributed by atoms with E-state index in [9.17, 15) is 13.2 Å². The second-order valence-electron chi connectivity index (χ2n) is 5.47. The van der Waals surface area contributed by atoms with Crippen LogP contribution in [0.15, 0.2) is 11.8 Å². The SMILES string of the molecule is CC1(C)OC=C(CS(=O)(=O)C(C)(C)C)C1=O. The molecule has 0 bridgehead atoms. The Kier molecular flexibility index (Phi) is 2.96. The largest absolute Gasteiger partial charge is 0.487 e. The summed E-state index contributed by atoms with van der Waals surface area (Å²) in [5.41, 5.74) is -0.692. The van der Waals surface area contributed by atoms with Gasteiger partial charge < -0.3 is 4.74 Å². The van der Waals surface area contributed by atoms with Gasteiger partial charge >= 0.3 is 0 Å². The highest BCUT2D eigenvalue weighted by molar-refractivity contribution is 7.92. The average Bonchev–Trinajstić information content (AvgIpc) is 2.29. The number of Topliss-reactive ketones (excluding diaryl/α,β-unsaturated/α-hetero) is 1. The van der Waals surface area contributed by atoms with Crippen molar-refractivity contribution >= 4 is 15.6 Å². The van der Waals surface area contributed by atoms with Crippen LogP contribution in [0, 0.1) is 0 Å². The van der Waals surface area contributed by atoms with Crippen LogP contribution in [0.2, 0.25) is 0 Å². The van der Waals surface area contributed by atoms with Crippen LogP contribution in [0.5, 0.6) is 0 Å². The van der Waals surface area contributed by atoms with E-state index < -0.39 is 20.2 Å². The maximum Gasteiger partial charge on any atom is 0.205 e. The fourth-order valence-corrected chi connectivity index (χ4v) is 2.27. The number of ketones is 1. The summed E-state index contributed by atoms with van der Waals surface area (Å²) < 4.78 is 28.1. The molecule has 0 aromatic carbocycles. The summed E-state index contributed by atoms with van der Waals surface area (Å²) in [6.07, 6.45) is 1.27. The molecule has 16 heavy (non-hydrogen) atoms. The summed E-state index contributed by atoms with van der Waals surface area (Å²) in [5.74, 6) is -0.501.